The van der Waals surface area contributed by atoms with Gasteiger partial charge in [-0.15, -0.1) is 0 Å². The van der Waals surface area contributed by atoms with Crippen LogP contribution in [0.4, 0.5) is 5.82 Å². The Morgan fingerprint density at radius 1 is 1.75 bits per heavy atom. The number of nitrogens with zero attached hydrogens (tertiary/aromatic N) is 2. The molecule has 1 saturated heterocycles. The minimum Gasteiger partial charge on any atom is -0.393 e. The van der Waals surface area contributed by atoms with Crippen LogP contribution < -0.4 is 11.4 Å². The highest BCUT2D eigenvalue weighted by atomic mass is 16.5. The smallest absolute Gasteiger partial charge is 0.350 e. The number of ether oxygens (including phenoxy) is 1. The zero-order valence-electron chi connectivity index (χ0n) is 8.67. The summed E-state index contributed by atoms with van der Waals surface area (Å²) in [7, 11) is 0. The van der Waals surface area contributed by atoms with E-state index in [0.717, 1.165) is 0 Å². The van der Waals surface area contributed by atoms with Crippen molar-refractivity contribution < 1.29 is 9.84 Å². The predicted molar refractivity (Wildman–Crippen MR) is 57.9 cm³/mol. The van der Waals surface area contributed by atoms with Crippen molar-refractivity contribution in [2.24, 2.45) is 0 Å². The fraction of sp³-hybridized carbons (Fsp3) is 0.400. The molecule has 0 bridgehead atoms. The number of nitrogen functional groups attached to an aromatic ring is 1. The van der Waals surface area contributed by atoms with E-state index in [4.69, 9.17) is 15.6 Å². The van der Waals surface area contributed by atoms with Crippen LogP contribution in [0.5, 0.6) is 0 Å². The molecule has 2 atom stereocenters. The Morgan fingerprint density at radius 2 is 2.50 bits per heavy atom. The maximum atomic E-state index is 11.6. The number of anilines is 1. The average Bonchev–Trinajstić information content (AvgIpc) is 2.60. The van der Waals surface area contributed by atoms with E-state index >= 15 is 0 Å². The lowest BCUT2D eigenvalue weighted by Gasteiger charge is -2.13. The van der Waals surface area contributed by atoms with Gasteiger partial charge < -0.3 is 15.6 Å². The summed E-state index contributed by atoms with van der Waals surface area (Å²) >= 11 is 0. The lowest BCUT2D eigenvalue weighted by molar-refractivity contribution is 0.0686. The van der Waals surface area contributed by atoms with Gasteiger partial charge in [0, 0.05) is 6.20 Å². The summed E-state index contributed by atoms with van der Waals surface area (Å²) in [5.41, 5.74) is 5.64. The van der Waals surface area contributed by atoms with E-state index in [1.165, 1.54) is 4.57 Å². The van der Waals surface area contributed by atoms with E-state index in [0.29, 0.717) is 12.2 Å². The molecular formula is C10H13N3O3. The van der Waals surface area contributed by atoms with Gasteiger partial charge in [-0.05, 0) is 11.6 Å². The maximum absolute atomic E-state index is 11.6. The minimum absolute atomic E-state index is 0.132. The Labute approximate surface area is 92.0 Å². The monoisotopic (exact) mass is 223 g/mol. The van der Waals surface area contributed by atoms with Crippen molar-refractivity contribution in [2.75, 3.05) is 18.9 Å². The van der Waals surface area contributed by atoms with Crippen molar-refractivity contribution in [1.82, 2.24) is 9.55 Å². The molecule has 0 unspecified atom stereocenters. The predicted octanol–water partition coefficient (Wildman–Crippen LogP) is -0.686. The molecule has 0 spiro atoms. The van der Waals surface area contributed by atoms with E-state index in [9.17, 15) is 4.79 Å². The van der Waals surface area contributed by atoms with E-state index in [1.807, 2.05) is 0 Å². The summed E-state index contributed by atoms with van der Waals surface area (Å²) in [5, 5.41) is 9.01. The molecule has 16 heavy (non-hydrogen) atoms. The Balaban J connectivity index is 2.32. The molecule has 0 amide bonds. The van der Waals surface area contributed by atoms with Crippen LogP contribution in [0.15, 0.2) is 29.2 Å². The van der Waals surface area contributed by atoms with Crippen LogP contribution in [0, 0.1) is 0 Å². The van der Waals surface area contributed by atoms with E-state index < -0.39 is 11.8 Å². The van der Waals surface area contributed by atoms with Gasteiger partial charge in [-0.3, -0.25) is 4.57 Å². The number of hydrogen-bond acceptors (Lipinski definition) is 5. The van der Waals surface area contributed by atoms with Crippen LogP contribution in [0.1, 0.15) is 6.04 Å². The molecule has 0 aliphatic carbocycles. The highest BCUT2D eigenvalue weighted by Gasteiger charge is 2.31. The molecule has 1 aliphatic heterocycles. The molecule has 86 valence electrons. The summed E-state index contributed by atoms with van der Waals surface area (Å²) < 4.78 is 6.71. The van der Waals surface area contributed by atoms with Crippen LogP contribution in [-0.2, 0) is 4.74 Å². The average molecular weight is 223 g/mol. The highest BCUT2D eigenvalue weighted by Crippen LogP contribution is 2.27. The SMILES string of the molecule is C=C1[C@H](n2ccc(N)nc2=O)CO[C@@H]1CO. The van der Waals surface area contributed by atoms with Gasteiger partial charge in [0.25, 0.3) is 0 Å². The zero-order chi connectivity index (χ0) is 11.7. The molecule has 1 fully saturated rings. The van der Waals surface area contributed by atoms with Crippen molar-refractivity contribution in [1.29, 1.82) is 0 Å². The molecule has 0 radical (unpaired) electrons. The molecule has 1 aromatic rings. The summed E-state index contributed by atoms with van der Waals surface area (Å²) in [4.78, 5) is 15.2. The van der Waals surface area contributed by atoms with Crippen LogP contribution >= 0.6 is 0 Å². The third kappa shape index (κ3) is 1.72. The molecule has 1 aliphatic rings. The van der Waals surface area contributed by atoms with Gasteiger partial charge in [0.1, 0.15) is 11.9 Å². The van der Waals surface area contributed by atoms with Crippen LogP contribution in [-0.4, -0.2) is 34.0 Å². The lowest BCUT2D eigenvalue weighted by atomic mass is 10.1. The van der Waals surface area contributed by atoms with E-state index in [1.54, 1.807) is 12.3 Å². The summed E-state index contributed by atoms with van der Waals surface area (Å²) in [6.07, 6.45) is 1.15. The van der Waals surface area contributed by atoms with Gasteiger partial charge in [0.2, 0.25) is 0 Å². The molecule has 0 saturated carbocycles. The summed E-state index contributed by atoms with van der Waals surface area (Å²) in [5.74, 6) is 0.185. The quantitative estimate of drug-likeness (QED) is 0.648. The van der Waals surface area contributed by atoms with Gasteiger partial charge in [0.05, 0.1) is 19.3 Å². The summed E-state index contributed by atoms with van der Waals surface area (Å²) in [6, 6.07) is 1.26. The first kappa shape index (κ1) is 10.8. The molecule has 0 aromatic carbocycles. The molecule has 3 N–H and O–H groups in total. The first-order chi connectivity index (χ1) is 7.63. The van der Waals surface area contributed by atoms with Gasteiger partial charge in [-0.2, -0.15) is 4.98 Å². The molecule has 2 rings (SSSR count). The Kier molecular flexibility index (Phi) is 2.76. The number of nitrogens with two attached hydrogens (primary N) is 1. The standard InChI is InChI=1S/C10H13N3O3/c1-6-7(5-16-8(6)4-14)13-3-2-9(11)12-10(13)15/h2-3,7-8,14H,1,4-5H2,(H2,11,12,15)/t7-,8-/m1/s1. The third-order valence-corrected chi connectivity index (χ3v) is 2.65. The first-order valence-electron chi connectivity index (χ1n) is 4.89. The molecule has 6 heteroatoms. The fourth-order valence-corrected chi connectivity index (χ4v) is 1.73. The first-order valence-corrected chi connectivity index (χ1v) is 4.89. The van der Waals surface area contributed by atoms with Crippen molar-refractivity contribution in [3.8, 4) is 0 Å². The topological polar surface area (TPSA) is 90.4 Å². The molecule has 6 nitrogen and oxygen atoms in total. The Bertz CT molecular complexity index is 469. The van der Waals surface area contributed by atoms with E-state index in [-0.39, 0.29) is 18.5 Å². The van der Waals surface area contributed by atoms with Gasteiger partial charge in [-0.25, -0.2) is 4.79 Å². The number of aromatic nitrogens is 2. The zero-order valence-corrected chi connectivity index (χ0v) is 8.67. The third-order valence-electron chi connectivity index (χ3n) is 2.65. The Hall–Kier alpha value is -1.66. The largest absolute Gasteiger partial charge is 0.393 e. The number of aliphatic hydroxyl groups is 1. The molecule has 1 aromatic heterocycles. The van der Waals surface area contributed by atoms with Gasteiger partial charge in [0.15, 0.2) is 0 Å². The van der Waals surface area contributed by atoms with Crippen LogP contribution in [0.25, 0.3) is 0 Å². The normalized spacial score (nSPS) is 24.9. The minimum atomic E-state index is -0.437. The second-order valence-electron chi connectivity index (χ2n) is 3.64. The van der Waals surface area contributed by atoms with Crippen molar-refractivity contribution in [3.05, 3.63) is 34.9 Å². The van der Waals surface area contributed by atoms with Crippen molar-refractivity contribution in [3.63, 3.8) is 0 Å². The number of aliphatic hydroxyl groups excluding tert-OH is 1. The van der Waals surface area contributed by atoms with E-state index in [2.05, 4.69) is 11.6 Å². The lowest BCUT2D eigenvalue weighted by Crippen LogP contribution is -2.28. The molecule has 2 heterocycles. The maximum Gasteiger partial charge on any atom is 0.350 e. The number of hydrogen-bond donors (Lipinski definition) is 2. The van der Waals surface area contributed by atoms with Crippen molar-refractivity contribution in [2.45, 2.75) is 12.1 Å². The summed E-state index contributed by atoms with van der Waals surface area (Å²) in [6.45, 7) is 4.01. The second-order valence-corrected chi connectivity index (χ2v) is 3.64. The molecular weight excluding hydrogens is 210 g/mol. The van der Waals surface area contributed by atoms with Crippen molar-refractivity contribution >= 4 is 5.82 Å². The van der Waals surface area contributed by atoms with Crippen LogP contribution in [0.2, 0.25) is 0 Å². The van der Waals surface area contributed by atoms with Crippen LogP contribution in [0.3, 0.4) is 0 Å². The van der Waals surface area contributed by atoms with Gasteiger partial charge in [-0.1, -0.05) is 6.58 Å². The Morgan fingerprint density at radius 3 is 3.06 bits per heavy atom. The highest BCUT2D eigenvalue weighted by molar-refractivity contribution is 5.25. The number of rotatable bonds is 2. The second kappa shape index (κ2) is 4.07. The fourth-order valence-electron chi connectivity index (χ4n) is 1.73. The van der Waals surface area contributed by atoms with Gasteiger partial charge >= 0.3 is 5.69 Å².